The quantitative estimate of drug-likeness (QED) is 0.679. The lowest BCUT2D eigenvalue weighted by molar-refractivity contribution is -0.125. The molecule has 0 radical (unpaired) electrons. The molecule has 0 aromatic rings. The van der Waals surface area contributed by atoms with Gasteiger partial charge in [0.15, 0.2) is 0 Å². The Morgan fingerprint density at radius 2 is 1.94 bits per heavy atom. The number of amides is 1. The van der Waals surface area contributed by atoms with Crippen LogP contribution in [-0.2, 0) is 9.63 Å². The molecule has 1 aliphatic carbocycles. The van der Waals surface area contributed by atoms with Crippen LogP contribution in [0.4, 0.5) is 0 Å². The van der Waals surface area contributed by atoms with Gasteiger partial charge < -0.3 is 5.32 Å². The van der Waals surface area contributed by atoms with Crippen LogP contribution in [0.2, 0.25) is 0 Å². The van der Waals surface area contributed by atoms with Gasteiger partial charge in [0.05, 0.1) is 12.6 Å². The molecule has 1 amide bonds. The molecule has 1 aliphatic rings. The van der Waals surface area contributed by atoms with Crippen molar-refractivity contribution in [1.82, 2.24) is 10.8 Å². The van der Waals surface area contributed by atoms with Crippen molar-refractivity contribution in [2.75, 3.05) is 6.54 Å². The van der Waals surface area contributed by atoms with Crippen molar-refractivity contribution in [3.63, 3.8) is 0 Å². The van der Waals surface area contributed by atoms with Crippen LogP contribution in [0.25, 0.3) is 0 Å². The Morgan fingerprint density at radius 1 is 1.31 bits per heavy atom. The van der Waals surface area contributed by atoms with E-state index in [0.717, 1.165) is 12.8 Å². The molecule has 1 atom stereocenters. The van der Waals surface area contributed by atoms with Crippen LogP contribution in [-0.4, -0.2) is 24.6 Å². The molecule has 0 aromatic heterocycles. The first-order valence-corrected chi connectivity index (χ1v) is 6.27. The predicted molar refractivity (Wildman–Crippen MR) is 63.8 cm³/mol. The van der Waals surface area contributed by atoms with Crippen LogP contribution >= 0.6 is 0 Å². The van der Waals surface area contributed by atoms with Crippen LogP contribution < -0.4 is 10.8 Å². The Labute approximate surface area is 98.1 Å². The zero-order valence-corrected chi connectivity index (χ0v) is 10.6. The molecule has 0 bridgehead atoms. The van der Waals surface area contributed by atoms with Gasteiger partial charge in [-0.05, 0) is 25.7 Å². The topological polar surface area (TPSA) is 50.4 Å². The number of carbonyl (C=O) groups is 1. The maximum atomic E-state index is 11.5. The van der Waals surface area contributed by atoms with Crippen molar-refractivity contribution in [2.24, 2.45) is 5.92 Å². The fraction of sp³-hybridized carbons (Fsp3) is 0.917. The molecule has 4 nitrogen and oxygen atoms in total. The summed E-state index contributed by atoms with van der Waals surface area (Å²) in [6, 6.07) is 0.209. The second-order valence-electron chi connectivity index (χ2n) is 4.95. The lowest BCUT2D eigenvalue weighted by Crippen LogP contribution is -2.41. The zero-order valence-electron chi connectivity index (χ0n) is 10.6. The SMILES string of the molecule is CC(C)C(C)NC(=O)CNOC1CCCC1. The fourth-order valence-corrected chi connectivity index (χ4v) is 1.70. The Bertz CT molecular complexity index is 213. The Balaban J connectivity index is 2.05. The van der Waals surface area contributed by atoms with Gasteiger partial charge in [-0.2, -0.15) is 5.48 Å². The van der Waals surface area contributed by atoms with Gasteiger partial charge in [0.1, 0.15) is 0 Å². The van der Waals surface area contributed by atoms with E-state index in [9.17, 15) is 4.79 Å². The Morgan fingerprint density at radius 3 is 2.50 bits per heavy atom. The van der Waals surface area contributed by atoms with E-state index in [2.05, 4.69) is 24.6 Å². The zero-order chi connectivity index (χ0) is 12.0. The van der Waals surface area contributed by atoms with Gasteiger partial charge in [-0.25, -0.2) is 0 Å². The number of hydroxylamine groups is 1. The molecule has 1 rings (SSSR count). The van der Waals surface area contributed by atoms with E-state index >= 15 is 0 Å². The molecule has 94 valence electrons. The Hall–Kier alpha value is -0.610. The van der Waals surface area contributed by atoms with Gasteiger partial charge in [-0.3, -0.25) is 9.63 Å². The van der Waals surface area contributed by atoms with E-state index in [1.807, 2.05) is 6.92 Å². The Kier molecular flexibility index (Phi) is 5.77. The molecule has 1 saturated carbocycles. The summed E-state index contributed by atoms with van der Waals surface area (Å²) < 4.78 is 0. The van der Waals surface area contributed by atoms with Crippen molar-refractivity contribution in [3.05, 3.63) is 0 Å². The molecule has 0 heterocycles. The minimum absolute atomic E-state index is 0.000744. The van der Waals surface area contributed by atoms with E-state index in [0.29, 0.717) is 12.0 Å². The molecule has 2 N–H and O–H groups in total. The van der Waals surface area contributed by atoms with Gasteiger partial charge in [0.2, 0.25) is 5.91 Å². The number of carbonyl (C=O) groups excluding carboxylic acids is 1. The summed E-state index contributed by atoms with van der Waals surface area (Å²) in [4.78, 5) is 16.9. The highest BCUT2D eigenvalue weighted by atomic mass is 16.7. The molecular weight excluding hydrogens is 204 g/mol. The van der Waals surface area contributed by atoms with E-state index in [1.165, 1.54) is 12.8 Å². The summed E-state index contributed by atoms with van der Waals surface area (Å²) in [5.74, 6) is 0.457. The molecule has 0 saturated heterocycles. The highest BCUT2D eigenvalue weighted by Gasteiger charge is 2.16. The summed E-state index contributed by atoms with van der Waals surface area (Å²) in [7, 11) is 0. The van der Waals surface area contributed by atoms with Crippen molar-refractivity contribution >= 4 is 5.91 Å². The lowest BCUT2D eigenvalue weighted by Gasteiger charge is -2.18. The van der Waals surface area contributed by atoms with E-state index in [-0.39, 0.29) is 18.5 Å². The van der Waals surface area contributed by atoms with Gasteiger partial charge in [0.25, 0.3) is 0 Å². The second kappa shape index (κ2) is 6.86. The number of hydrogen-bond acceptors (Lipinski definition) is 3. The highest BCUT2D eigenvalue weighted by Crippen LogP contribution is 2.19. The van der Waals surface area contributed by atoms with Gasteiger partial charge >= 0.3 is 0 Å². The third kappa shape index (κ3) is 4.94. The van der Waals surface area contributed by atoms with E-state index < -0.39 is 0 Å². The number of rotatable bonds is 6. The average Bonchev–Trinajstić information content (AvgIpc) is 2.70. The first kappa shape index (κ1) is 13.5. The minimum Gasteiger partial charge on any atom is -0.352 e. The normalized spacial score (nSPS) is 19.0. The monoisotopic (exact) mass is 228 g/mol. The molecular formula is C12H24N2O2. The summed E-state index contributed by atoms with van der Waals surface area (Å²) in [6.07, 6.45) is 5.00. The maximum absolute atomic E-state index is 11.5. The fourth-order valence-electron chi connectivity index (χ4n) is 1.70. The lowest BCUT2D eigenvalue weighted by atomic mass is 10.1. The largest absolute Gasteiger partial charge is 0.352 e. The van der Waals surface area contributed by atoms with Crippen molar-refractivity contribution in [2.45, 2.75) is 58.6 Å². The number of nitrogens with one attached hydrogen (secondary N) is 2. The molecule has 16 heavy (non-hydrogen) atoms. The van der Waals surface area contributed by atoms with Crippen LogP contribution in [0.1, 0.15) is 46.5 Å². The van der Waals surface area contributed by atoms with E-state index in [4.69, 9.17) is 4.84 Å². The second-order valence-corrected chi connectivity index (χ2v) is 4.95. The van der Waals surface area contributed by atoms with Crippen molar-refractivity contribution < 1.29 is 9.63 Å². The molecule has 1 unspecified atom stereocenters. The van der Waals surface area contributed by atoms with Crippen LogP contribution in [0, 0.1) is 5.92 Å². The number of hydrogen-bond donors (Lipinski definition) is 2. The molecule has 4 heteroatoms. The molecule has 0 aliphatic heterocycles. The van der Waals surface area contributed by atoms with Gasteiger partial charge in [-0.15, -0.1) is 0 Å². The van der Waals surface area contributed by atoms with Crippen LogP contribution in [0.3, 0.4) is 0 Å². The third-order valence-electron chi connectivity index (χ3n) is 3.17. The summed E-state index contributed by atoms with van der Waals surface area (Å²) in [5.41, 5.74) is 2.76. The van der Waals surface area contributed by atoms with Crippen molar-refractivity contribution in [1.29, 1.82) is 0 Å². The standard InChI is InChI=1S/C12H24N2O2/c1-9(2)10(3)14-12(15)8-13-16-11-6-4-5-7-11/h9-11,13H,4-8H2,1-3H3,(H,14,15). The first-order chi connectivity index (χ1) is 7.59. The van der Waals surface area contributed by atoms with Crippen LogP contribution in [0.15, 0.2) is 0 Å². The molecule has 0 spiro atoms. The van der Waals surface area contributed by atoms with Gasteiger partial charge in [0, 0.05) is 6.04 Å². The minimum atomic E-state index is -0.000744. The smallest absolute Gasteiger partial charge is 0.236 e. The van der Waals surface area contributed by atoms with E-state index in [1.54, 1.807) is 0 Å². The van der Waals surface area contributed by atoms with Crippen molar-refractivity contribution in [3.8, 4) is 0 Å². The molecule has 1 fully saturated rings. The highest BCUT2D eigenvalue weighted by molar-refractivity contribution is 5.78. The summed E-state index contributed by atoms with van der Waals surface area (Å²) >= 11 is 0. The predicted octanol–water partition coefficient (Wildman–Crippen LogP) is 1.61. The summed E-state index contributed by atoms with van der Waals surface area (Å²) in [6.45, 7) is 6.44. The maximum Gasteiger partial charge on any atom is 0.236 e. The first-order valence-electron chi connectivity index (χ1n) is 6.27. The molecule has 0 aromatic carbocycles. The third-order valence-corrected chi connectivity index (χ3v) is 3.17. The van der Waals surface area contributed by atoms with Gasteiger partial charge in [-0.1, -0.05) is 26.7 Å². The average molecular weight is 228 g/mol. The summed E-state index contributed by atoms with van der Waals surface area (Å²) in [5, 5.41) is 2.92. The van der Waals surface area contributed by atoms with Crippen LogP contribution in [0.5, 0.6) is 0 Å².